The normalized spacial score (nSPS) is 10.0. The van der Waals surface area contributed by atoms with E-state index in [1.807, 2.05) is 0 Å². The maximum absolute atomic E-state index is 12.0. The summed E-state index contributed by atoms with van der Waals surface area (Å²) in [6.07, 6.45) is 1.72. The number of nitrogens with one attached hydrogen (secondary N) is 2. The van der Waals surface area contributed by atoms with Crippen LogP contribution in [-0.2, 0) is 11.8 Å². The lowest BCUT2D eigenvalue weighted by atomic mass is 10.1. The summed E-state index contributed by atoms with van der Waals surface area (Å²) in [5.74, 6) is -1.43. The molecule has 0 saturated carbocycles. The second-order valence-corrected chi connectivity index (χ2v) is 5.55. The van der Waals surface area contributed by atoms with Crippen molar-refractivity contribution >= 4 is 33.7 Å². The van der Waals surface area contributed by atoms with Crippen LogP contribution in [-0.4, -0.2) is 29.5 Å². The van der Waals surface area contributed by atoms with Gasteiger partial charge in [0.15, 0.2) is 0 Å². The van der Waals surface area contributed by atoms with E-state index in [-0.39, 0.29) is 0 Å². The molecule has 0 bridgehead atoms. The third-order valence-corrected chi connectivity index (χ3v) is 3.50. The van der Waals surface area contributed by atoms with E-state index in [9.17, 15) is 14.4 Å². The highest BCUT2D eigenvalue weighted by Gasteiger charge is 2.13. The van der Waals surface area contributed by atoms with Crippen molar-refractivity contribution in [1.29, 1.82) is 0 Å². The van der Waals surface area contributed by atoms with Crippen molar-refractivity contribution in [3.8, 4) is 0 Å². The molecule has 0 aliphatic carbocycles. The number of aromatic nitrogens is 1. The largest absolute Gasteiger partial charge is 0.465 e. The standard InChI is InChI=1S/C15H14BrN3O4/c1-19-8-11(16)7-12(19)14(21)18-17-13(20)9-3-5-10(6-4-9)15(22)23-2/h3-8H,1-2H3,(H,17,20)(H,18,21). The van der Waals surface area contributed by atoms with E-state index in [1.54, 1.807) is 23.9 Å². The van der Waals surface area contributed by atoms with E-state index in [4.69, 9.17) is 0 Å². The molecule has 1 aromatic carbocycles. The highest BCUT2D eigenvalue weighted by Crippen LogP contribution is 2.13. The predicted molar refractivity (Wildman–Crippen MR) is 85.8 cm³/mol. The van der Waals surface area contributed by atoms with E-state index in [0.717, 1.165) is 4.47 Å². The van der Waals surface area contributed by atoms with E-state index >= 15 is 0 Å². The highest BCUT2D eigenvalue weighted by molar-refractivity contribution is 9.10. The monoisotopic (exact) mass is 379 g/mol. The number of nitrogens with zero attached hydrogens (tertiary/aromatic N) is 1. The Morgan fingerprint density at radius 1 is 1.04 bits per heavy atom. The van der Waals surface area contributed by atoms with Crippen molar-refractivity contribution in [2.75, 3.05) is 7.11 Å². The Bertz CT molecular complexity index is 753. The van der Waals surface area contributed by atoms with Crippen molar-refractivity contribution in [1.82, 2.24) is 15.4 Å². The summed E-state index contributed by atoms with van der Waals surface area (Å²) in [4.78, 5) is 35.2. The van der Waals surface area contributed by atoms with Crippen LogP contribution in [0.5, 0.6) is 0 Å². The van der Waals surface area contributed by atoms with E-state index < -0.39 is 17.8 Å². The average Bonchev–Trinajstić information content (AvgIpc) is 2.90. The van der Waals surface area contributed by atoms with Gasteiger partial charge in [0.25, 0.3) is 11.8 Å². The van der Waals surface area contributed by atoms with E-state index in [2.05, 4.69) is 31.5 Å². The lowest BCUT2D eigenvalue weighted by molar-refractivity contribution is 0.0600. The summed E-state index contributed by atoms with van der Waals surface area (Å²) >= 11 is 3.27. The first-order valence-corrected chi connectivity index (χ1v) is 7.32. The summed E-state index contributed by atoms with van der Waals surface area (Å²) in [6.45, 7) is 0. The third-order valence-electron chi connectivity index (χ3n) is 3.06. The molecule has 0 radical (unpaired) electrons. The second-order valence-electron chi connectivity index (χ2n) is 4.63. The van der Waals surface area contributed by atoms with Gasteiger partial charge in [-0.2, -0.15) is 0 Å². The molecule has 1 heterocycles. The van der Waals surface area contributed by atoms with Crippen LogP contribution in [0.3, 0.4) is 0 Å². The minimum Gasteiger partial charge on any atom is -0.465 e. The van der Waals surface area contributed by atoms with E-state index in [0.29, 0.717) is 16.8 Å². The van der Waals surface area contributed by atoms with Gasteiger partial charge in [-0.15, -0.1) is 0 Å². The third kappa shape index (κ3) is 3.98. The number of halogens is 1. The van der Waals surface area contributed by atoms with Crippen LogP contribution in [0.2, 0.25) is 0 Å². The molecule has 0 unspecified atom stereocenters. The van der Waals surface area contributed by atoms with Crippen LogP contribution < -0.4 is 10.9 Å². The first kappa shape index (κ1) is 16.8. The minimum atomic E-state index is -0.497. The lowest BCUT2D eigenvalue weighted by Crippen LogP contribution is -2.42. The van der Waals surface area contributed by atoms with Gasteiger partial charge in [0.2, 0.25) is 0 Å². The lowest BCUT2D eigenvalue weighted by Gasteiger charge is -2.08. The maximum Gasteiger partial charge on any atom is 0.337 e. The zero-order valence-electron chi connectivity index (χ0n) is 12.4. The van der Waals surface area contributed by atoms with Gasteiger partial charge in [0.05, 0.1) is 12.7 Å². The number of methoxy groups -OCH3 is 1. The van der Waals surface area contributed by atoms with Gasteiger partial charge in [-0.1, -0.05) is 0 Å². The molecule has 1 aromatic heterocycles. The number of rotatable bonds is 3. The van der Waals surface area contributed by atoms with Gasteiger partial charge in [-0.3, -0.25) is 20.4 Å². The fraction of sp³-hybridized carbons (Fsp3) is 0.133. The first-order valence-electron chi connectivity index (χ1n) is 6.53. The second kappa shape index (κ2) is 7.10. The molecule has 23 heavy (non-hydrogen) atoms. The number of carbonyl (C=O) groups is 3. The van der Waals surface area contributed by atoms with Crippen molar-refractivity contribution in [2.45, 2.75) is 0 Å². The molecule has 0 aliphatic heterocycles. The Morgan fingerprint density at radius 3 is 2.13 bits per heavy atom. The molecule has 0 saturated heterocycles. The van der Waals surface area contributed by atoms with Crippen molar-refractivity contribution in [3.05, 3.63) is 57.8 Å². The molecule has 2 amide bonds. The molecule has 2 N–H and O–H groups in total. The van der Waals surface area contributed by atoms with Crippen LogP contribution >= 0.6 is 15.9 Å². The average molecular weight is 380 g/mol. The fourth-order valence-electron chi connectivity index (χ4n) is 1.88. The molecule has 7 nitrogen and oxygen atoms in total. The number of hydrogen-bond donors (Lipinski definition) is 2. The van der Waals surface area contributed by atoms with Crippen LogP contribution in [0.4, 0.5) is 0 Å². The summed E-state index contributed by atoms with van der Waals surface area (Å²) in [6, 6.07) is 7.50. The summed E-state index contributed by atoms with van der Waals surface area (Å²) in [5, 5.41) is 0. The van der Waals surface area contributed by atoms with Gasteiger partial charge in [0.1, 0.15) is 5.69 Å². The zero-order chi connectivity index (χ0) is 17.0. The Hall–Kier alpha value is -2.61. The molecule has 0 spiro atoms. The van der Waals surface area contributed by atoms with Gasteiger partial charge in [-0.25, -0.2) is 4.79 Å². The summed E-state index contributed by atoms with van der Waals surface area (Å²) in [5.41, 5.74) is 5.66. The van der Waals surface area contributed by atoms with E-state index in [1.165, 1.54) is 31.4 Å². The minimum absolute atomic E-state index is 0.297. The molecular formula is C15H14BrN3O4. The van der Waals surface area contributed by atoms with Gasteiger partial charge in [-0.05, 0) is 46.3 Å². The quantitative estimate of drug-likeness (QED) is 0.626. The number of amides is 2. The van der Waals surface area contributed by atoms with Crippen molar-refractivity contribution in [3.63, 3.8) is 0 Å². The number of aryl methyl sites for hydroxylation is 1. The topological polar surface area (TPSA) is 89.4 Å². The predicted octanol–water partition coefficient (Wildman–Crippen LogP) is 1.65. The first-order chi connectivity index (χ1) is 10.9. The van der Waals surface area contributed by atoms with Gasteiger partial charge < -0.3 is 9.30 Å². The Morgan fingerprint density at radius 2 is 1.61 bits per heavy atom. The maximum atomic E-state index is 12.0. The highest BCUT2D eigenvalue weighted by atomic mass is 79.9. The van der Waals surface area contributed by atoms with Gasteiger partial charge >= 0.3 is 5.97 Å². The molecule has 0 atom stereocenters. The Kier molecular flexibility index (Phi) is 5.17. The Labute approximate surface area is 140 Å². The number of hydrazine groups is 1. The number of esters is 1. The number of ether oxygens (including phenoxy) is 1. The van der Waals surface area contributed by atoms with Crippen molar-refractivity contribution in [2.24, 2.45) is 7.05 Å². The molecule has 120 valence electrons. The smallest absolute Gasteiger partial charge is 0.337 e. The molecule has 2 aromatic rings. The molecule has 0 aliphatic rings. The number of benzene rings is 1. The summed E-state index contributed by atoms with van der Waals surface area (Å²) < 4.78 is 6.96. The zero-order valence-corrected chi connectivity index (χ0v) is 14.0. The van der Waals surface area contributed by atoms with Crippen LogP contribution in [0, 0.1) is 0 Å². The van der Waals surface area contributed by atoms with Crippen LogP contribution in [0.15, 0.2) is 41.0 Å². The fourth-order valence-corrected chi connectivity index (χ4v) is 2.40. The molecule has 2 rings (SSSR count). The van der Waals surface area contributed by atoms with Crippen molar-refractivity contribution < 1.29 is 19.1 Å². The van der Waals surface area contributed by atoms with Crippen LogP contribution in [0.1, 0.15) is 31.2 Å². The summed E-state index contributed by atoms with van der Waals surface area (Å²) in [7, 11) is 2.99. The Balaban J connectivity index is 1.98. The SMILES string of the molecule is COC(=O)c1ccc(C(=O)NNC(=O)c2cc(Br)cn2C)cc1. The number of hydrogen-bond acceptors (Lipinski definition) is 4. The molecular weight excluding hydrogens is 366 g/mol. The van der Waals surface area contributed by atoms with Crippen LogP contribution in [0.25, 0.3) is 0 Å². The number of carbonyl (C=O) groups excluding carboxylic acids is 3. The van der Waals surface area contributed by atoms with Gasteiger partial charge in [0, 0.05) is 23.3 Å². The molecule has 8 heteroatoms. The molecule has 0 fully saturated rings.